The smallest absolute Gasteiger partial charge is 0.101 e. The topological polar surface area (TPSA) is 36.7 Å². The largest absolute Gasteiger partial charge is 0.259 e. The molecule has 1 aromatic rings. The molecule has 2 nitrogen and oxygen atoms in total. The zero-order valence-corrected chi connectivity index (χ0v) is 11.5. The number of nitriles is 1. The molecule has 4 fully saturated rings. The molecule has 4 aliphatic rings. The van der Waals surface area contributed by atoms with Crippen LogP contribution in [0.4, 0.5) is 0 Å². The van der Waals surface area contributed by atoms with Crippen LogP contribution in [-0.4, -0.2) is 4.98 Å². The molecule has 0 N–H and O–H groups in total. The van der Waals surface area contributed by atoms with Gasteiger partial charge in [0.1, 0.15) is 6.07 Å². The van der Waals surface area contributed by atoms with Crippen molar-refractivity contribution in [2.24, 2.45) is 17.8 Å². The average Bonchev–Trinajstić information content (AvgIpc) is 2.36. The lowest BCUT2D eigenvalue weighted by molar-refractivity contribution is -0.00750. The molecule has 0 aliphatic heterocycles. The van der Waals surface area contributed by atoms with E-state index in [1.165, 1.54) is 49.8 Å². The van der Waals surface area contributed by atoms with Gasteiger partial charge in [0.2, 0.25) is 0 Å². The van der Waals surface area contributed by atoms with Crippen LogP contribution in [0.25, 0.3) is 0 Å². The highest BCUT2D eigenvalue weighted by molar-refractivity contribution is 5.37. The van der Waals surface area contributed by atoms with Gasteiger partial charge in [0.25, 0.3) is 0 Å². The molecular formula is C17H20N2. The van der Waals surface area contributed by atoms with Crippen molar-refractivity contribution in [2.75, 3.05) is 0 Å². The van der Waals surface area contributed by atoms with Crippen LogP contribution in [0.5, 0.6) is 0 Å². The van der Waals surface area contributed by atoms with E-state index in [1.54, 1.807) is 6.20 Å². The predicted octanol–water partition coefficient (Wildman–Crippen LogP) is 3.73. The molecule has 0 aromatic carbocycles. The van der Waals surface area contributed by atoms with Crippen molar-refractivity contribution in [1.29, 1.82) is 5.26 Å². The van der Waals surface area contributed by atoms with Crippen LogP contribution in [-0.2, 0) is 5.41 Å². The summed E-state index contributed by atoms with van der Waals surface area (Å²) in [6, 6.07) is 4.23. The lowest BCUT2D eigenvalue weighted by Crippen LogP contribution is -2.49. The standard InChI is InChI=1S/C17H20N2/c1-11-2-15(9-18)10-19-16(11)17-6-12-3-13(7-17)5-14(4-12)8-17/h2,10,12-14H,3-8H2,1H3. The molecule has 5 rings (SSSR count). The normalized spacial score (nSPS) is 39.3. The van der Waals surface area contributed by atoms with E-state index < -0.39 is 0 Å². The van der Waals surface area contributed by atoms with Gasteiger partial charge >= 0.3 is 0 Å². The highest BCUT2D eigenvalue weighted by Crippen LogP contribution is 2.60. The third-order valence-electron chi connectivity index (χ3n) is 5.75. The van der Waals surface area contributed by atoms with E-state index in [1.807, 2.05) is 6.07 Å². The van der Waals surface area contributed by atoms with Crippen molar-refractivity contribution in [3.05, 3.63) is 29.1 Å². The summed E-state index contributed by atoms with van der Waals surface area (Å²) in [6.45, 7) is 2.14. The Morgan fingerprint density at radius 3 is 2.21 bits per heavy atom. The molecule has 1 aromatic heterocycles. The van der Waals surface area contributed by atoms with Crippen LogP contribution in [0.2, 0.25) is 0 Å². The Kier molecular flexibility index (Phi) is 2.31. The van der Waals surface area contributed by atoms with Crippen molar-refractivity contribution >= 4 is 0 Å². The van der Waals surface area contributed by atoms with Gasteiger partial charge in [-0.1, -0.05) is 0 Å². The molecule has 19 heavy (non-hydrogen) atoms. The van der Waals surface area contributed by atoms with Crippen molar-refractivity contribution < 1.29 is 0 Å². The first-order chi connectivity index (χ1) is 9.18. The molecule has 0 saturated heterocycles. The summed E-state index contributed by atoms with van der Waals surface area (Å²) in [5, 5.41) is 9.00. The van der Waals surface area contributed by atoms with Crippen molar-refractivity contribution in [1.82, 2.24) is 4.98 Å². The number of hydrogen-bond acceptors (Lipinski definition) is 2. The molecule has 4 bridgehead atoms. The maximum atomic E-state index is 9.00. The maximum Gasteiger partial charge on any atom is 0.101 e. The van der Waals surface area contributed by atoms with Gasteiger partial charge in [-0.05, 0) is 74.8 Å². The molecule has 0 unspecified atom stereocenters. The molecule has 1 heterocycles. The fourth-order valence-corrected chi connectivity index (χ4v) is 5.59. The van der Waals surface area contributed by atoms with Gasteiger partial charge in [-0.15, -0.1) is 0 Å². The van der Waals surface area contributed by atoms with Crippen molar-refractivity contribution in [2.45, 2.75) is 50.9 Å². The molecule has 98 valence electrons. The van der Waals surface area contributed by atoms with Gasteiger partial charge in [-0.25, -0.2) is 0 Å². The molecule has 0 atom stereocenters. The maximum absolute atomic E-state index is 9.00. The Hall–Kier alpha value is -1.36. The lowest BCUT2D eigenvalue weighted by Gasteiger charge is -2.56. The second-order valence-electron chi connectivity index (χ2n) is 7.20. The number of pyridine rings is 1. The summed E-state index contributed by atoms with van der Waals surface area (Å²) >= 11 is 0. The molecular weight excluding hydrogens is 232 g/mol. The Labute approximate surface area is 114 Å². The first kappa shape index (κ1) is 11.5. The van der Waals surface area contributed by atoms with E-state index in [0.717, 1.165) is 17.8 Å². The Bertz CT molecular complexity index is 532. The van der Waals surface area contributed by atoms with Gasteiger partial charge in [-0.3, -0.25) is 4.98 Å². The summed E-state index contributed by atoms with van der Waals surface area (Å²) in [4.78, 5) is 4.72. The molecule has 4 saturated carbocycles. The van der Waals surface area contributed by atoms with E-state index >= 15 is 0 Å². The highest BCUT2D eigenvalue weighted by atomic mass is 14.7. The number of rotatable bonds is 1. The van der Waals surface area contributed by atoms with Crippen LogP contribution in [0, 0.1) is 36.0 Å². The molecule has 2 heteroatoms. The lowest BCUT2D eigenvalue weighted by atomic mass is 9.48. The number of nitrogens with zero attached hydrogens (tertiary/aromatic N) is 2. The summed E-state index contributed by atoms with van der Waals surface area (Å²) in [7, 11) is 0. The Balaban J connectivity index is 1.78. The molecule has 0 spiro atoms. The fraction of sp³-hybridized carbons (Fsp3) is 0.647. The molecule has 0 radical (unpaired) electrons. The molecule has 4 aliphatic carbocycles. The first-order valence-electron chi connectivity index (χ1n) is 7.56. The van der Waals surface area contributed by atoms with Gasteiger partial charge in [0.15, 0.2) is 0 Å². The van der Waals surface area contributed by atoms with Crippen LogP contribution in [0.15, 0.2) is 12.3 Å². The number of aromatic nitrogens is 1. The zero-order valence-electron chi connectivity index (χ0n) is 11.5. The van der Waals surface area contributed by atoms with E-state index in [-0.39, 0.29) is 0 Å². The number of hydrogen-bond donors (Lipinski definition) is 0. The monoisotopic (exact) mass is 252 g/mol. The minimum absolute atomic E-state index is 0.354. The van der Waals surface area contributed by atoms with Crippen LogP contribution >= 0.6 is 0 Å². The third-order valence-corrected chi connectivity index (χ3v) is 5.75. The minimum Gasteiger partial charge on any atom is -0.259 e. The Morgan fingerprint density at radius 2 is 1.74 bits per heavy atom. The summed E-state index contributed by atoms with van der Waals surface area (Å²) in [5.74, 6) is 2.84. The van der Waals surface area contributed by atoms with E-state index in [0.29, 0.717) is 11.0 Å². The SMILES string of the molecule is Cc1cc(C#N)cnc1C12CC3CC(CC(C3)C1)C2. The summed E-state index contributed by atoms with van der Waals surface area (Å²) in [5.41, 5.74) is 3.60. The minimum atomic E-state index is 0.354. The van der Waals surface area contributed by atoms with E-state index in [2.05, 4.69) is 13.0 Å². The van der Waals surface area contributed by atoms with Crippen LogP contribution < -0.4 is 0 Å². The summed E-state index contributed by atoms with van der Waals surface area (Å²) in [6.07, 6.45) is 10.2. The third kappa shape index (κ3) is 1.64. The average molecular weight is 252 g/mol. The van der Waals surface area contributed by atoms with Crippen molar-refractivity contribution in [3.63, 3.8) is 0 Å². The first-order valence-corrected chi connectivity index (χ1v) is 7.56. The Morgan fingerprint density at radius 1 is 1.16 bits per heavy atom. The van der Waals surface area contributed by atoms with Crippen LogP contribution in [0.1, 0.15) is 55.3 Å². The quantitative estimate of drug-likeness (QED) is 0.763. The zero-order chi connectivity index (χ0) is 13.0. The van der Waals surface area contributed by atoms with Gasteiger partial charge in [0, 0.05) is 17.3 Å². The van der Waals surface area contributed by atoms with Gasteiger partial charge < -0.3 is 0 Å². The second kappa shape index (κ2) is 3.82. The van der Waals surface area contributed by atoms with E-state index in [9.17, 15) is 0 Å². The number of aryl methyl sites for hydroxylation is 1. The predicted molar refractivity (Wildman–Crippen MR) is 73.5 cm³/mol. The fourth-order valence-electron chi connectivity index (χ4n) is 5.59. The van der Waals surface area contributed by atoms with Crippen molar-refractivity contribution in [3.8, 4) is 6.07 Å². The second-order valence-corrected chi connectivity index (χ2v) is 7.20. The highest BCUT2D eigenvalue weighted by Gasteiger charge is 2.52. The van der Waals surface area contributed by atoms with Gasteiger partial charge in [-0.2, -0.15) is 5.26 Å². The van der Waals surface area contributed by atoms with E-state index in [4.69, 9.17) is 10.2 Å². The van der Waals surface area contributed by atoms with Gasteiger partial charge in [0.05, 0.1) is 5.56 Å². The summed E-state index contributed by atoms with van der Waals surface area (Å²) < 4.78 is 0. The molecule has 0 amide bonds. The van der Waals surface area contributed by atoms with Crippen LogP contribution in [0.3, 0.4) is 0 Å².